The van der Waals surface area contributed by atoms with Crippen LogP contribution in [0.5, 0.6) is 0 Å². The van der Waals surface area contributed by atoms with Crippen molar-refractivity contribution in [2.45, 2.75) is 64.9 Å². The van der Waals surface area contributed by atoms with Crippen LogP contribution in [0.1, 0.15) is 69.6 Å². The van der Waals surface area contributed by atoms with E-state index in [0.717, 1.165) is 18.4 Å². The first-order valence-corrected chi connectivity index (χ1v) is 9.64. The summed E-state index contributed by atoms with van der Waals surface area (Å²) in [5.41, 5.74) is 2.15. The van der Waals surface area contributed by atoms with Crippen molar-refractivity contribution in [2.75, 3.05) is 5.94 Å². The summed E-state index contributed by atoms with van der Waals surface area (Å²) in [4.78, 5) is 0. The van der Waals surface area contributed by atoms with E-state index in [9.17, 15) is 13.0 Å². The fourth-order valence-electron chi connectivity index (χ4n) is 2.53. The van der Waals surface area contributed by atoms with Gasteiger partial charge in [0.2, 0.25) is 0 Å². The summed E-state index contributed by atoms with van der Waals surface area (Å²) >= 11 is 0. The zero-order valence-corrected chi connectivity index (χ0v) is 17.4. The molecule has 0 bridgehead atoms. The molecule has 0 aromatic heterocycles. The predicted octanol–water partition coefficient (Wildman–Crippen LogP) is 1.17. The third-order valence-corrected chi connectivity index (χ3v) is 4.18. The molecular formula is C17H27NaO4S. The van der Waals surface area contributed by atoms with Gasteiger partial charge in [0.25, 0.3) is 0 Å². The molecule has 1 rings (SSSR count). The van der Waals surface area contributed by atoms with Gasteiger partial charge in [0, 0.05) is 0 Å². The Morgan fingerprint density at radius 2 is 1.70 bits per heavy atom. The first kappa shape index (κ1) is 23.1. The van der Waals surface area contributed by atoms with Crippen molar-refractivity contribution in [3.8, 4) is 0 Å². The predicted molar refractivity (Wildman–Crippen MR) is 87.6 cm³/mol. The first-order valence-electron chi connectivity index (χ1n) is 8.07. The zero-order valence-electron chi connectivity index (χ0n) is 14.6. The van der Waals surface area contributed by atoms with Gasteiger partial charge in [-0.1, -0.05) is 63.3 Å². The van der Waals surface area contributed by atoms with E-state index in [4.69, 9.17) is 4.74 Å². The Labute approximate surface area is 163 Å². The third kappa shape index (κ3) is 10.5. The largest absolute Gasteiger partial charge is 1.00 e. The Hall–Kier alpha value is 0.0900. The Kier molecular flexibility index (Phi) is 12.5. The topological polar surface area (TPSA) is 66.4 Å². The average Bonchev–Trinajstić information content (AvgIpc) is 2.48. The normalized spacial score (nSPS) is 12.7. The summed E-state index contributed by atoms with van der Waals surface area (Å²) in [5.74, 6) is -0.778. The van der Waals surface area contributed by atoms with Gasteiger partial charge in [-0.05, 0) is 30.9 Å². The molecule has 0 spiro atoms. The van der Waals surface area contributed by atoms with Gasteiger partial charge in [0.15, 0.2) is 0 Å². The zero-order chi connectivity index (χ0) is 16.4. The molecule has 0 N–H and O–H groups in total. The summed E-state index contributed by atoms with van der Waals surface area (Å²) in [6.07, 6.45) is 7.99. The van der Waals surface area contributed by atoms with E-state index in [0.29, 0.717) is 0 Å². The second-order valence-corrected chi connectivity index (χ2v) is 7.05. The maximum absolute atomic E-state index is 10.7. The van der Waals surface area contributed by atoms with Crippen LogP contribution in [0.25, 0.3) is 0 Å². The first-order chi connectivity index (χ1) is 10.4. The minimum Gasteiger partial charge on any atom is -0.746 e. The van der Waals surface area contributed by atoms with Crippen molar-refractivity contribution in [3.05, 3.63) is 35.4 Å². The minimum absolute atomic E-state index is 0. The van der Waals surface area contributed by atoms with Crippen LogP contribution in [-0.2, 0) is 21.3 Å². The molecule has 1 aromatic carbocycles. The molecule has 6 heteroatoms. The molecule has 23 heavy (non-hydrogen) atoms. The van der Waals surface area contributed by atoms with Gasteiger partial charge in [-0.2, -0.15) is 0 Å². The standard InChI is InChI=1S/C17H28O4S.Na/c1-3-4-5-6-7-8-11-16-12-9-10-13-17(16)15(2)21-14-22(18,19)20;/h9-10,12-13,15H,3-8,11,14H2,1-2H3,(H,18,19,20);/q;+1/p-1. The molecule has 1 unspecified atom stereocenters. The Balaban J connectivity index is 0.00000484. The number of aryl methyl sites for hydroxylation is 1. The van der Waals surface area contributed by atoms with Crippen LogP contribution >= 0.6 is 0 Å². The van der Waals surface area contributed by atoms with Crippen LogP contribution in [0.2, 0.25) is 0 Å². The smallest absolute Gasteiger partial charge is 0.746 e. The molecule has 0 aliphatic rings. The fraction of sp³-hybridized carbons (Fsp3) is 0.647. The Morgan fingerprint density at radius 3 is 2.35 bits per heavy atom. The van der Waals surface area contributed by atoms with Gasteiger partial charge in [-0.3, -0.25) is 0 Å². The number of rotatable bonds is 11. The molecule has 0 saturated carbocycles. The van der Waals surface area contributed by atoms with Crippen molar-refractivity contribution < 1.29 is 47.3 Å². The van der Waals surface area contributed by atoms with Gasteiger partial charge in [-0.15, -0.1) is 0 Å². The number of unbranched alkanes of at least 4 members (excludes halogenated alkanes) is 5. The van der Waals surface area contributed by atoms with Crippen molar-refractivity contribution >= 4 is 10.1 Å². The monoisotopic (exact) mass is 350 g/mol. The third-order valence-electron chi connectivity index (χ3n) is 3.76. The van der Waals surface area contributed by atoms with E-state index in [-0.39, 0.29) is 35.7 Å². The summed E-state index contributed by atoms with van der Waals surface area (Å²) in [7, 11) is -4.34. The van der Waals surface area contributed by atoms with Crippen molar-refractivity contribution in [1.29, 1.82) is 0 Å². The van der Waals surface area contributed by atoms with E-state index < -0.39 is 16.1 Å². The molecule has 1 aromatic rings. The van der Waals surface area contributed by atoms with E-state index in [1.807, 2.05) is 24.3 Å². The SMILES string of the molecule is CCCCCCCCc1ccccc1C(C)OCS(=O)(=O)[O-].[Na+]. The van der Waals surface area contributed by atoms with Crippen LogP contribution < -0.4 is 29.6 Å². The summed E-state index contributed by atoms with van der Waals surface area (Å²) < 4.78 is 37.2. The second-order valence-electron chi connectivity index (χ2n) is 5.70. The van der Waals surface area contributed by atoms with Gasteiger partial charge < -0.3 is 9.29 Å². The van der Waals surface area contributed by atoms with Crippen molar-refractivity contribution in [3.63, 3.8) is 0 Å². The van der Waals surface area contributed by atoms with Crippen LogP contribution in [0.15, 0.2) is 24.3 Å². The Bertz CT molecular complexity index is 531. The minimum atomic E-state index is -4.34. The van der Waals surface area contributed by atoms with Gasteiger partial charge in [0.1, 0.15) is 16.1 Å². The quantitative estimate of drug-likeness (QED) is 0.341. The van der Waals surface area contributed by atoms with E-state index in [1.165, 1.54) is 37.7 Å². The van der Waals surface area contributed by atoms with Crippen LogP contribution in [0.3, 0.4) is 0 Å². The summed E-state index contributed by atoms with van der Waals surface area (Å²) in [6, 6.07) is 7.88. The fourth-order valence-corrected chi connectivity index (χ4v) is 2.90. The number of benzene rings is 1. The number of ether oxygens (including phenoxy) is 1. The van der Waals surface area contributed by atoms with Crippen LogP contribution in [0, 0.1) is 0 Å². The molecule has 126 valence electrons. The van der Waals surface area contributed by atoms with Gasteiger partial charge >= 0.3 is 29.6 Å². The molecule has 0 aliphatic carbocycles. The van der Waals surface area contributed by atoms with Gasteiger partial charge in [0.05, 0.1) is 6.10 Å². The van der Waals surface area contributed by atoms with Crippen LogP contribution in [0.4, 0.5) is 0 Å². The second kappa shape index (κ2) is 12.5. The van der Waals surface area contributed by atoms with Crippen LogP contribution in [-0.4, -0.2) is 18.9 Å². The summed E-state index contributed by atoms with van der Waals surface area (Å²) in [5, 5.41) is 0. The maximum atomic E-state index is 10.7. The molecular weight excluding hydrogens is 323 g/mol. The van der Waals surface area contributed by atoms with Crippen molar-refractivity contribution in [1.82, 2.24) is 0 Å². The molecule has 0 aliphatic heterocycles. The van der Waals surface area contributed by atoms with Crippen molar-refractivity contribution in [2.24, 2.45) is 0 Å². The maximum Gasteiger partial charge on any atom is 1.00 e. The van der Waals surface area contributed by atoms with E-state index in [2.05, 4.69) is 6.92 Å². The van der Waals surface area contributed by atoms with E-state index in [1.54, 1.807) is 6.92 Å². The molecule has 0 radical (unpaired) electrons. The molecule has 0 fully saturated rings. The molecule has 0 saturated heterocycles. The number of hydrogen-bond donors (Lipinski definition) is 0. The van der Waals surface area contributed by atoms with Gasteiger partial charge in [-0.25, -0.2) is 8.42 Å². The van der Waals surface area contributed by atoms with E-state index >= 15 is 0 Å². The average molecular weight is 350 g/mol. The molecule has 0 amide bonds. The molecule has 0 heterocycles. The molecule has 4 nitrogen and oxygen atoms in total. The number of hydrogen-bond acceptors (Lipinski definition) is 4. The summed E-state index contributed by atoms with van der Waals surface area (Å²) in [6.45, 7) is 3.99. The Morgan fingerprint density at radius 1 is 1.09 bits per heavy atom. The molecule has 1 atom stereocenters.